The second-order valence-corrected chi connectivity index (χ2v) is 4.73. The fourth-order valence-electron chi connectivity index (χ4n) is 1.85. The molecule has 1 heterocycles. The largest absolute Gasteiger partial charge is 0.482 e. The topological polar surface area (TPSA) is 38.3 Å². The first-order chi connectivity index (χ1) is 8.20. The van der Waals surface area contributed by atoms with E-state index in [1.807, 2.05) is 18.2 Å². The Morgan fingerprint density at radius 3 is 3.12 bits per heavy atom. The fraction of sp³-hybridized carbons (Fsp3) is 0.462. The third-order valence-electron chi connectivity index (χ3n) is 2.81. The van der Waals surface area contributed by atoms with E-state index < -0.39 is 0 Å². The highest BCUT2D eigenvalue weighted by Gasteiger charge is 2.17. The van der Waals surface area contributed by atoms with Crippen LogP contribution in [0.25, 0.3) is 0 Å². The summed E-state index contributed by atoms with van der Waals surface area (Å²) in [4.78, 5) is 11.2. The number of benzene rings is 1. The Morgan fingerprint density at radius 1 is 1.53 bits per heavy atom. The average molecular weight is 254 g/mol. The molecule has 1 aromatic rings. The molecular weight excluding hydrogens is 238 g/mol. The van der Waals surface area contributed by atoms with Crippen LogP contribution in [-0.4, -0.2) is 12.5 Å². The first-order valence-electron chi connectivity index (χ1n) is 5.91. The van der Waals surface area contributed by atoms with Crippen molar-refractivity contribution < 1.29 is 9.53 Å². The van der Waals surface area contributed by atoms with Gasteiger partial charge in [0.15, 0.2) is 6.61 Å². The third-order valence-corrected chi connectivity index (χ3v) is 3.28. The lowest BCUT2D eigenvalue weighted by Gasteiger charge is -2.19. The lowest BCUT2D eigenvalue weighted by atomic mass is 10.1. The Bertz CT molecular complexity index is 420. The van der Waals surface area contributed by atoms with Crippen LogP contribution in [0, 0.1) is 0 Å². The Morgan fingerprint density at radius 2 is 2.35 bits per heavy atom. The molecule has 4 heteroatoms. The van der Waals surface area contributed by atoms with Crippen LogP contribution < -0.4 is 10.1 Å². The molecule has 0 saturated heterocycles. The minimum absolute atomic E-state index is 0.000853. The normalized spacial score (nSPS) is 15.8. The van der Waals surface area contributed by atoms with Crippen molar-refractivity contribution in [2.24, 2.45) is 0 Å². The van der Waals surface area contributed by atoms with Gasteiger partial charge in [-0.3, -0.25) is 4.79 Å². The molecule has 3 nitrogen and oxygen atoms in total. The molecule has 0 bridgehead atoms. The van der Waals surface area contributed by atoms with Gasteiger partial charge in [0, 0.05) is 0 Å². The van der Waals surface area contributed by atoms with Gasteiger partial charge in [-0.25, -0.2) is 0 Å². The number of anilines is 1. The van der Waals surface area contributed by atoms with E-state index in [1.54, 1.807) is 0 Å². The lowest BCUT2D eigenvalue weighted by molar-refractivity contribution is -0.118. The number of hydrogen-bond acceptors (Lipinski definition) is 2. The van der Waals surface area contributed by atoms with Crippen molar-refractivity contribution in [3.63, 3.8) is 0 Å². The van der Waals surface area contributed by atoms with Gasteiger partial charge in [-0.1, -0.05) is 25.8 Å². The first kappa shape index (κ1) is 12.2. The molecule has 0 radical (unpaired) electrons. The van der Waals surface area contributed by atoms with E-state index in [-0.39, 0.29) is 17.9 Å². The molecule has 1 aliphatic rings. The highest BCUT2D eigenvalue weighted by Crippen LogP contribution is 2.34. The summed E-state index contributed by atoms with van der Waals surface area (Å²) >= 11 is 6.31. The molecule has 1 aromatic carbocycles. The van der Waals surface area contributed by atoms with Crippen molar-refractivity contribution in [1.29, 1.82) is 0 Å². The van der Waals surface area contributed by atoms with Gasteiger partial charge in [0.1, 0.15) is 5.75 Å². The number of unbranched alkanes of at least 4 members (excludes halogenated alkanes) is 1. The van der Waals surface area contributed by atoms with E-state index >= 15 is 0 Å². The second-order valence-electron chi connectivity index (χ2n) is 4.20. The number of ether oxygens (including phenoxy) is 1. The van der Waals surface area contributed by atoms with E-state index in [2.05, 4.69) is 12.2 Å². The van der Waals surface area contributed by atoms with Gasteiger partial charge < -0.3 is 10.1 Å². The van der Waals surface area contributed by atoms with Crippen LogP contribution in [0.15, 0.2) is 18.2 Å². The smallest absolute Gasteiger partial charge is 0.262 e. The quantitative estimate of drug-likeness (QED) is 0.835. The number of amides is 1. The average Bonchev–Trinajstić information content (AvgIpc) is 2.35. The summed E-state index contributed by atoms with van der Waals surface area (Å²) in [6, 6.07) is 5.73. The van der Waals surface area contributed by atoms with E-state index in [0.29, 0.717) is 5.75 Å². The van der Waals surface area contributed by atoms with Crippen molar-refractivity contribution in [2.45, 2.75) is 31.6 Å². The predicted molar refractivity (Wildman–Crippen MR) is 68.7 cm³/mol. The van der Waals surface area contributed by atoms with E-state index in [4.69, 9.17) is 16.3 Å². The van der Waals surface area contributed by atoms with Crippen LogP contribution in [0.5, 0.6) is 5.75 Å². The molecule has 0 aromatic heterocycles. The molecule has 17 heavy (non-hydrogen) atoms. The molecule has 0 spiro atoms. The van der Waals surface area contributed by atoms with Gasteiger partial charge in [-0.15, -0.1) is 11.6 Å². The van der Waals surface area contributed by atoms with Crippen LogP contribution in [0.4, 0.5) is 5.69 Å². The lowest BCUT2D eigenvalue weighted by Crippen LogP contribution is -2.25. The summed E-state index contributed by atoms with van der Waals surface area (Å²) in [6.45, 7) is 2.23. The Balaban J connectivity index is 2.14. The van der Waals surface area contributed by atoms with E-state index in [0.717, 1.165) is 30.5 Å². The number of nitrogens with one attached hydrogen (secondary N) is 1. The van der Waals surface area contributed by atoms with Crippen LogP contribution in [0.3, 0.4) is 0 Å². The molecule has 2 rings (SSSR count). The molecule has 1 N–H and O–H groups in total. The molecule has 1 amide bonds. The number of carbonyl (C=O) groups is 1. The van der Waals surface area contributed by atoms with Crippen molar-refractivity contribution >= 4 is 23.2 Å². The Labute approximate surface area is 106 Å². The summed E-state index contributed by atoms with van der Waals surface area (Å²) in [6.07, 6.45) is 3.19. The summed E-state index contributed by atoms with van der Waals surface area (Å²) in [7, 11) is 0. The summed E-state index contributed by atoms with van der Waals surface area (Å²) < 4.78 is 5.30. The minimum atomic E-state index is -0.116. The Kier molecular flexibility index (Phi) is 3.89. The van der Waals surface area contributed by atoms with Crippen molar-refractivity contribution in [3.05, 3.63) is 23.8 Å². The molecule has 1 atom stereocenters. The number of alkyl halides is 1. The standard InChI is InChI=1S/C13H16ClNO2/c1-2-3-4-10(14)9-5-6-12-11(7-9)15-13(16)8-17-12/h5-7,10H,2-4,8H2,1H3,(H,15,16). The third kappa shape index (κ3) is 2.91. The van der Waals surface area contributed by atoms with Crippen molar-refractivity contribution in [3.8, 4) is 5.75 Å². The SMILES string of the molecule is CCCCC(Cl)c1ccc2c(c1)NC(=O)CO2. The van der Waals surface area contributed by atoms with Crippen LogP contribution in [-0.2, 0) is 4.79 Å². The molecule has 0 saturated carbocycles. The minimum Gasteiger partial charge on any atom is -0.482 e. The number of fused-ring (bicyclic) bond motifs is 1. The molecule has 0 aliphatic carbocycles. The number of hydrogen-bond donors (Lipinski definition) is 1. The zero-order valence-electron chi connectivity index (χ0n) is 9.83. The molecule has 1 aliphatic heterocycles. The first-order valence-corrected chi connectivity index (χ1v) is 6.35. The van der Waals surface area contributed by atoms with Crippen LogP contribution in [0.1, 0.15) is 37.1 Å². The molecule has 0 fully saturated rings. The maximum atomic E-state index is 11.2. The predicted octanol–water partition coefficient (Wildman–Crippen LogP) is 3.49. The van der Waals surface area contributed by atoms with Gasteiger partial charge in [0.2, 0.25) is 0 Å². The van der Waals surface area contributed by atoms with Gasteiger partial charge in [-0.05, 0) is 24.1 Å². The van der Waals surface area contributed by atoms with Crippen molar-refractivity contribution in [2.75, 3.05) is 11.9 Å². The van der Waals surface area contributed by atoms with Crippen molar-refractivity contribution in [1.82, 2.24) is 0 Å². The second kappa shape index (κ2) is 5.41. The molecule has 92 valence electrons. The number of rotatable bonds is 4. The zero-order valence-corrected chi connectivity index (χ0v) is 10.6. The highest BCUT2D eigenvalue weighted by atomic mass is 35.5. The number of carbonyl (C=O) groups excluding carboxylic acids is 1. The summed E-state index contributed by atoms with van der Waals surface area (Å²) in [5, 5.41) is 2.79. The van der Waals surface area contributed by atoms with Gasteiger partial charge in [-0.2, -0.15) is 0 Å². The van der Waals surface area contributed by atoms with Gasteiger partial charge >= 0.3 is 0 Å². The van der Waals surface area contributed by atoms with E-state index in [1.165, 1.54) is 0 Å². The molecule has 1 unspecified atom stereocenters. The monoisotopic (exact) mass is 253 g/mol. The Hall–Kier alpha value is -1.22. The van der Waals surface area contributed by atoms with E-state index in [9.17, 15) is 4.79 Å². The fourth-order valence-corrected chi connectivity index (χ4v) is 2.14. The van der Waals surface area contributed by atoms with Gasteiger partial charge in [0.05, 0.1) is 11.1 Å². The summed E-state index contributed by atoms with van der Waals surface area (Å²) in [5.41, 5.74) is 1.76. The van der Waals surface area contributed by atoms with Crippen LogP contribution >= 0.6 is 11.6 Å². The zero-order chi connectivity index (χ0) is 12.3. The highest BCUT2D eigenvalue weighted by molar-refractivity contribution is 6.20. The maximum absolute atomic E-state index is 11.2. The number of halogens is 1. The molecular formula is C13H16ClNO2. The van der Waals surface area contributed by atoms with Crippen LogP contribution in [0.2, 0.25) is 0 Å². The summed E-state index contributed by atoms with van der Waals surface area (Å²) in [5.74, 6) is 0.599. The maximum Gasteiger partial charge on any atom is 0.262 e. The van der Waals surface area contributed by atoms with Gasteiger partial charge in [0.25, 0.3) is 5.91 Å².